The highest BCUT2D eigenvalue weighted by atomic mass is 32.2. The van der Waals surface area contributed by atoms with E-state index in [1.807, 2.05) is 26.2 Å². The van der Waals surface area contributed by atoms with Crippen LogP contribution < -0.4 is 0 Å². The third-order valence-electron chi connectivity index (χ3n) is 5.90. The molecule has 2 rings (SSSR count). The zero-order valence-corrected chi connectivity index (χ0v) is 22.7. The Kier molecular flexibility index (Phi) is 10.3. The van der Waals surface area contributed by atoms with Crippen molar-refractivity contribution in [1.29, 1.82) is 0 Å². The topological polar surface area (TPSA) is 90.4 Å². The summed E-state index contributed by atoms with van der Waals surface area (Å²) in [6, 6.07) is 11.1. The number of aryl methyl sites for hydroxylation is 2. The SMILES string of the molecule is Cc1cc(O)cc(C)c1S(=O)(=O)N(C)CCOC(C)C(=O)N(C)Cc1ccc(CCN(C)C)cc1. The van der Waals surface area contributed by atoms with Gasteiger partial charge in [-0.05, 0) is 75.7 Å². The number of nitrogens with zero attached hydrogens (tertiary/aromatic N) is 3. The van der Waals surface area contributed by atoms with Crippen LogP contribution in [0.4, 0.5) is 0 Å². The molecule has 0 fully saturated rings. The number of benzene rings is 2. The van der Waals surface area contributed by atoms with Gasteiger partial charge in [0.15, 0.2) is 0 Å². The first-order chi connectivity index (χ1) is 16.3. The first kappa shape index (κ1) is 28.8. The summed E-state index contributed by atoms with van der Waals surface area (Å²) >= 11 is 0. The molecule has 1 atom stereocenters. The van der Waals surface area contributed by atoms with Crippen molar-refractivity contribution in [3.05, 3.63) is 58.7 Å². The molecule has 0 spiro atoms. The minimum Gasteiger partial charge on any atom is -0.508 e. The fraction of sp³-hybridized carbons (Fsp3) is 0.500. The van der Waals surface area contributed by atoms with E-state index in [0.29, 0.717) is 17.7 Å². The van der Waals surface area contributed by atoms with E-state index in [2.05, 4.69) is 17.0 Å². The van der Waals surface area contributed by atoms with Gasteiger partial charge >= 0.3 is 0 Å². The minimum absolute atomic E-state index is 0.0293. The number of phenols is 1. The Bertz CT molecular complexity index is 1080. The molecular formula is C26H39N3O5S. The summed E-state index contributed by atoms with van der Waals surface area (Å²) in [6.07, 6.45) is 0.274. The van der Waals surface area contributed by atoms with Crippen LogP contribution >= 0.6 is 0 Å². The first-order valence-corrected chi connectivity index (χ1v) is 13.1. The number of aromatic hydroxyl groups is 1. The summed E-state index contributed by atoms with van der Waals surface area (Å²) in [6.45, 7) is 6.60. The van der Waals surface area contributed by atoms with Crippen LogP contribution in [0, 0.1) is 13.8 Å². The first-order valence-electron chi connectivity index (χ1n) is 11.7. The van der Waals surface area contributed by atoms with E-state index in [0.717, 1.165) is 18.5 Å². The lowest BCUT2D eigenvalue weighted by molar-refractivity contribution is -0.141. The molecular weight excluding hydrogens is 466 g/mol. The number of ether oxygens (including phenoxy) is 1. The van der Waals surface area contributed by atoms with Gasteiger partial charge in [-0.25, -0.2) is 8.42 Å². The number of amides is 1. The van der Waals surface area contributed by atoms with Gasteiger partial charge in [-0.15, -0.1) is 0 Å². The lowest BCUT2D eigenvalue weighted by Gasteiger charge is -2.24. The summed E-state index contributed by atoms with van der Waals surface area (Å²) < 4.78 is 32.9. The second-order valence-corrected chi connectivity index (χ2v) is 11.3. The quantitative estimate of drug-likeness (QED) is 0.477. The highest BCUT2D eigenvalue weighted by molar-refractivity contribution is 7.89. The number of hydrogen-bond acceptors (Lipinski definition) is 6. The van der Waals surface area contributed by atoms with Crippen molar-refractivity contribution in [2.45, 2.75) is 44.7 Å². The highest BCUT2D eigenvalue weighted by Crippen LogP contribution is 2.27. The summed E-state index contributed by atoms with van der Waals surface area (Å²) in [5, 5.41) is 9.70. The Balaban J connectivity index is 1.88. The van der Waals surface area contributed by atoms with Crippen molar-refractivity contribution in [2.75, 3.05) is 47.9 Å². The molecule has 0 radical (unpaired) electrons. The van der Waals surface area contributed by atoms with Gasteiger partial charge in [0.05, 0.1) is 11.5 Å². The average Bonchev–Trinajstić information content (AvgIpc) is 2.76. The number of carbonyl (C=O) groups is 1. The van der Waals surface area contributed by atoms with Crippen molar-refractivity contribution in [3.8, 4) is 5.75 Å². The van der Waals surface area contributed by atoms with E-state index < -0.39 is 16.1 Å². The smallest absolute Gasteiger partial charge is 0.251 e. The van der Waals surface area contributed by atoms with Crippen LogP contribution in [0.15, 0.2) is 41.3 Å². The number of rotatable bonds is 12. The molecule has 0 heterocycles. The summed E-state index contributed by atoms with van der Waals surface area (Å²) in [7, 11) is 3.54. The van der Waals surface area contributed by atoms with Crippen LogP contribution in [-0.4, -0.2) is 87.5 Å². The average molecular weight is 506 g/mol. The van der Waals surface area contributed by atoms with Gasteiger partial charge in [-0.3, -0.25) is 4.79 Å². The fourth-order valence-electron chi connectivity index (χ4n) is 3.87. The van der Waals surface area contributed by atoms with Crippen molar-refractivity contribution < 1.29 is 23.1 Å². The zero-order valence-electron chi connectivity index (χ0n) is 21.9. The molecule has 0 aliphatic carbocycles. The Labute approximate surface area is 210 Å². The fourth-order valence-corrected chi connectivity index (χ4v) is 5.42. The summed E-state index contributed by atoms with van der Waals surface area (Å²) in [5.74, 6) is -0.140. The normalized spacial score (nSPS) is 12.8. The monoisotopic (exact) mass is 505 g/mol. The molecule has 1 amide bonds. The van der Waals surface area contributed by atoms with E-state index >= 15 is 0 Å². The Hall–Kier alpha value is -2.46. The molecule has 9 heteroatoms. The second kappa shape index (κ2) is 12.5. The molecule has 0 saturated carbocycles. The predicted molar refractivity (Wildman–Crippen MR) is 138 cm³/mol. The van der Waals surface area contributed by atoms with Gasteiger partial charge in [0, 0.05) is 33.7 Å². The molecule has 0 aromatic heterocycles. The molecule has 35 heavy (non-hydrogen) atoms. The Morgan fingerprint density at radius 1 is 0.971 bits per heavy atom. The van der Waals surface area contributed by atoms with Crippen molar-refractivity contribution in [1.82, 2.24) is 14.1 Å². The third-order valence-corrected chi connectivity index (χ3v) is 8.06. The maximum Gasteiger partial charge on any atom is 0.251 e. The molecule has 2 aromatic carbocycles. The molecule has 1 unspecified atom stereocenters. The molecule has 194 valence electrons. The zero-order chi connectivity index (χ0) is 26.3. The summed E-state index contributed by atoms with van der Waals surface area (Å²) in [5.41, 5.74) is 3.24. The van der Waals surface area contributed by atoms with Gasteiger partial charge in [0.2, 0.25) is 10.0 Å². The number of likely N-dealkylation sites (N-methyl/N-ethyl adjacent to an activating group) is 3. The lowest BCUT2D eigenvalue weighted by atomic mass is 10.1. The highest BCUT2D eigenvalue weighted by Gasteiger charge is 2.26. The third kappa shape index (κ3) is 8.03. The summed E-state index contributed by atoms with van der Waals surface area (Å²) in [4.78, 5) is 16.7. The van der Waals surface area contributed by atoms with Crippen molar-refractivity contribution >= 4 is 15.9 Å². The number of carbonyl (C=O) groups excluding carboxylic acids is 1. The van der Waals surface area contributed by atoms with Crippen LogP contribution in [0.5, 0.6) is 5.75 Å². The number of sulfonamides is 1. The maximum atomic E-state index is 13.0. The van der Waals surface area contributed by atoms with E-state index in [4.69, 9.17) is 4.74 Å². The largest absolute Gasteiger partial charge is 0.508 e. The molecule has 0 aliphatic rings. The van der Waals surface area contributed by atoms with E-state index in [-0.39, 0.29) is 29.7 Å². The molecule has 0 aliphatic heterocycles. The standard InChI is InChI=1S/C26H39N3O5S/c1-19-16-24(30)17-20(2)25(19)35(32,33)29(7)14-15-34-21(3)26(31)28(6)18-23-10-8-22(9-11-23)12-13-27(4)5/h8-11,16-17,21,30H,12-15,18H2,1-7H3. The van der Waals surface area contributed by atoms with Crippen LogP contribution in [0.2, 0.25) is 0 Å². The number of phenolic OH excluding ortho intramolecular Hbond substituents is 1. The van der Waals surface area contributed by atoms with Crippen LogP contribution in [0.1, 0.15) is 29.2 Å². The van der Waals surface area contributed by atoms with Crippen LogP contribution in [0.3, 0.4) is 0 Å². The predicted octanol–water partition coefficient (Wildman–Crippen LogP) is 2.80. The van der Waals surface area contributed by atoms with E-state index in [1.54, 1.807) is 32.7 Å². The second-order valence-electron chi connectivity index (χ2n) is 9.31. The van der Waals surface area contributed by atoms with Crippen molar-refractivity contribution in [2.24, 2.45) is 0 Å². The molecule has 2 aromatic rings. The van der Waals surface area contributed by atoms with Gasteiger partial charge in [-0.2, -0.15) is 4.31 Å². The number of hydrogen-bond donors (Lipinski definition) is 1. The molecule has 1 N–H and O–H groups in total. The molecule has 8 nitrogen and oxygen atoms in total. The maximum absolute atomic E-state index is 13.0. The Morgan fingerprint density at radius 2 is 1.51 bits per heavy atom. The molecule has 0 bridgehead atoms. The van der Waals surface area contributed by atoms with Gasteiger partial charge < -0.3 is 19.6 Å². The van der Waals surface area contributed by atoms with Crippen LogP contribution in [0.25, 0.3) is 0 Å². The van der Waals surface area contributed by atoms with Gasteiger partial charge in [0.1, 0.15) is 11.9 Å². The van der Waals surface area contributed by atoms with Gasteiger partial charge in [0.25, 0.3) is 5.91 Å². The minimum atomic E-state index is -3.76. The lowest BCUT2D eigenvalue weighted by Crippen LogP contribution is -2.38. The van der Waals surface area contributed by atoms with Gasteiger partial charge in [-0.1, -0.05) is 24.3 Å². The van der Waals surface area contributed by atoms with E-state index in [9.17, 15) is 18.3 Å². The molecule has 0 saturated heterocycles. The van der Waals surface area contributed by atoms with Crippen LogP contribution in [-0.2, 0) is 32.5 Å². The Morgan fingerprint density at radius 3 is 2.06 bits per heavy atom. The van der Waals surface area contributed by atoms with E-state index in [1.165, 1.54) is 29.0 Å². The van der Waals surface area contributed by atoms with Crippen molar-refractivity contribution in [3.63, 3.8) is 0 Å².